The Kier molecular flexibility index (Phi) is 3.52. The van der Waals surface area contributed by atoms with Crippen molar-refractivity contribution in [3.63, 3.8) is 0 Å². The second-order valence-corrected chi connectivity index (χ2v) is 3.27. The van der Waals surface area contributed by atoms with Crippen molar-refractivity contribution in [1.82, 2.24) is 0 Å². The van der Waals surface area contributed by atoms with Crippen LogP contribution in [0.3, 0.4) is 0 Å². The Morgan fingerprint density at radius 3 is 2.64 bits per heavy atom. The minimum atomic E-state index is 0.901. The maximum Gasteiger partial charge on any atom is 0.119 e. The van der Waals surface area contributed by atoms with E-state index in [0.29, 0.717) is 0 Å². The number of methoxy groups -OCH3 is 1. The first-order chi connectivity index (χ1) is 6.69. The van der Waals surface area contributed by atoms with Crippen LogP contribution in [0.2, 0.25) is 0 Å². The summed E-state index contributed by atoms with van der Waals surface area (Å²) in [6.07, 6.45) is 3.81. The molecule has 0 saturated carbocycles. The molecule has 0 unspecified atom stereocenters. The van der Waals surface area contributed by atoms with Crippen molar-refractivity contribution in [3.05, 3.63) is 48.1 Å². The van der Waals surface area contributed by atoms with Crippen molar-refractivity contribution < 1.29 is 4.74 Å². The number of hydrogen-bond donors (Lipinski definition) is 0. The average molecular weight is 188 g/mol. The Labute approximate surface area is 85.7 Å². The topological polar surface area (TPSA) is 9.23 Å². The Hall–Kier alpha value is -1.50. The second-order valence-electron chi connectivity index (χ2n) is 3.27. The summed E-state index contributed by atoms with van der Waals surface area (Å²) in [7, 11) is 1.68. The van der Waals surface area contributed by atoms with E-state index in [-0.39, 0.29) is 0 Å². The molecule has 1 aromatic carbocycles. The van der Waals surface area contributed by atoms with Crippen molar-refractivity contribution in [1.29, 1.82) is 0 Å². The minimum absolute atomic E-state index is 0.901. The molecule has 0 N–H and O–H groups in total. The maximum absolute atomic E-state index is 5.15. The Morgan fingerprint density at radius 2 is 2.14 bits per heavy atom. The van der Waals surface area contributed by atoms with Gasteiger partial charge in [0.15, 0.2) is 0 Å². The molecule has 0 heterocycles. The monoisotopic (exact) mass is 188 g/mol. The molecule has 1 rings (SSSR count). The largest absolute Gasteiger partial charge is 0.497 e. The smallest absolute Gasteiger partial charge is 0.119 e. The van der Waals surface area contributed by atoms with Crippen molar-refractivity contribution in [2.24, 2.45) is 0 Å². The van der Waals surface area contributed by atoms with Gasteiger partial charge in [-0.15, -0.1) is 0 Å². The zero-order valence-electron chi connectivity index (χ0n) is 9.00. The van der Waals surface area contributed by atoms with Gasteiger partial charge < -0.3 is 4.74 Å². The minimum Gasteiger partial charge on any atom is -0.497 e. The highest BCUT2D eigenvalue weighted by Crippen LogP contribution is 2.22. The zero-order chi connectivity index (χ0) is 10.6. The summed E-state index contributed by atoms with van der Waals surface area (Å²) in [6.45, 7) is 7.85. The summed E-state index contributed by atoms with van der Waals surface area (Å²) in [6, 6.07) is 6.09. The van der Waals surface area contributed by atoms with Crippen LogP contribution in [0.25, 0.3) is 5.57 Å². The van der Waals surface area contributed by atoms with Gasteiger partial charge in [-0.3, -0.25) is 0 Å². The van der Waals surface area contributed by atoms with Crippen LogP contribution in [0.1, 0.15) is 18.1 Å². The van der Waals surface area contributed by atoms with Gasteiger partial charge in [0.1, 0.15) is 5.75 Å². The van der Waals surface area contributed by atoms with E-state index in [2.05, 4.69) is 26.5 Å². The van der Waals surface area contributed by atoms with Gasteiger partial charge in [-0.25, -0.2) is 0 Å². The van der Waals surface area contributed by atoms with Crippen molar-refractivity contribution in [3.8, 4) is 5.75 Å². The molecule has 0 spiro atoms. The summed E-state index contributed by atoms with van der Waals surface area (Å²) in [4.78, 5) is 0. The van der Waals surface area contributed by atoms with E-state index < -0.39 is 0 Å². The van der Waals surface area contributed by atoms with Crippen molar-refractivity contribution in [2.75, 3.05) is 7.11 Å². The van der Waals surface area contributed by atoms with Gasteiger partial charge in [0.2, 0.25) is 0 Å². The Balaban J connectivity index is 3.11. The van der Waals surface area contributed by atoms with Gasteiger partial charge in [-0.1, -0.05) is 24.8 Å². The standard InChI is InChI=1S/C13H16O/c1-5-6-10(2)13-8-7-12(14-4)9-11(13)3/h5-9H,1H2,2-4H3/b10-6-. The summed E-state index contributed by atoms with van der Waals surface area (Å²) < 4.78 is 5.15. The van der Waals surface area contributed by atoms with Crippen LogP contribution in [0.5, 0.6) is 5.75 Å². The van der Waals surface area contributed by atoms with Gasteiger partial charge in [0.05, 0.1) is 7.11 Å². The third-order valence-electron chi connectivity index (χ3n) is 2.23. The predicted octanol–water partition coefficient (Wildman–Crippen LogP) is 3.59. The molecule has 0 aliphatic heterocycles. The summed E-state index contributed by atoms with van der Waals surface area (Å²) in [5.41, 5.74) is 3.69. The fraction of sp³-hybridized carbons (Fsp3) is 0.231. The molecule has 1 nitrogen and oxygen atoms in total. The second kappa shape index (κ2) is 4.66. The molecule has 0 atom stereocenters. The number of hydrogen-bond acceptors (Lipinski definition) is 1. The van der Waals surface area contributed by atoms with Crippen LogP contribution in [0, 0.1) is 6.92 Å². The molecule has 0 saturated heterocycles. The lowest BCUT2D eigenvalue weighted by atomic mass is 10.0. The van der Waals surface area contributed by atoms with Crippen molar-refractivity contribution in [2.45, 2.75) is 13.8 Å². The first-order valence-electron chi connectivity index (χ1n) is 4.63. The highest BCUT2D eigenvalue weighted by atomic mass is 16.5. The van der Waals surface area contributed by atoms with E-state index in [1.807, 2.05) is 18.2 Å². The van der Waals surface area contributed by atoms with Gasteiger partial charge in [-0.2, -0.15) is 0 Å². The molecule has 1 heteroatoms. The third-order valence-corrected chi connectivity index (χ3v) is 2.23. The molecule has 74 valence electrons. The number of allylic oxidation sites excluding steroid dienone is 3. The highest BCUT2D eigenvalue weighted by Gasteiger charge is 2.00. The summed E-state index contributed by atoms with van der Waals surface area (Å²) >= 11 is 0. The molecular weight excluding hydrogens is 172 g/mol. The van der Waals surface area contributed by atoms with E-state index in [1.165, 1.54) is 16.7 Å². The lowest BCUT2D eigenvalue weighted by Crippen LogP contribution is -1.88. The van der Waals surface area contributed by atoms with Crippen LogP contribution in [-0.4, -0.2) is 7.11 Å². The summed E-state index contributed by atoms with van der Waals surface area (Å²) in [5, 5.41) is 0. The summed E-state index contributed by atoms with van der Waals surface area (Å²) in [5.74, 6) is 0.901. The van der Waals surface area contributed by atoms with E-state index in [1.54, 1.807) is 13.2 Å². The third kappa shape index (κ3) is 2.25. The van der Waals surface area contributed by atoms with Gasteiger partial charge in [0, 0.05) is 0 Å². The average Bonchev–Trinajstić information content (AvgIpc) is 2.17. The lowest BCUT2D eigenvalue weighted by Gasteiger charge is -2.07. The van der Waals surface area contributed by atoms with E-state index in [0.717, 1.165) is 5.75 Å². The fourth-order valence-electron chi connectivity index (χ4n) is 1.47. The molecule has 14 heavy (non-hydrogen) atoms. The van der Waals surface area contributed by atoms with Gasteiger partial charge >= 0.3 is 0 Å². The Bertz CT molecular complexity index is 361. The normalized spacial score (nSPS) is 11.2. The number of benzene rings is 1. The van der Waals surface area contributed by atoms with E-state index in [9.17, 15) is 0 Å². The van der Waals surface area contributed by atoms with Crippen molar-refractivity contribution >= 4 is 5.57 Å². The molecule has 0 radical (unpaired) electrons. The molecular formula is C13H16O. The lowest BCUT2D eigenvalue weighted by molar-refractivity contribution is 0.414. The number of ether oxygens (including phenoxy) is 1. The molecule has 0 amide bonds. The molecule has 0 aromatic heterocycles. The van der Waals surface area contributed by atoms with Gasteiger partial charge in [0.25, 0.3) is 0 Å². The number of rotatable bonds is 3. The molecule has 0 fully saturated rings. The first-order valence-corrected chi connectivity index (χ1v) is 4.63. The zero-order valence-corrected chi connectivity index (χ0v) is 9.00. The number of aryl methyl sites for hydroxylation is 1. The van der Waals surface area contributed by atoms with Crippen LogP contribution < -0.4 is 4.74 Å². The maximum atomic E-state index is 5.15. The van der Waals surface area contributed by atoms with Crippen LogP contribution in [0.15, 0.2) is 36.9 Å². The molecule has 0 bridgehead atoms. The van der Waals surface area contributed by atoms with E-state index >= 15 is 0 Å². The molecule has 0 aliphatic rings. The van der Waals surface area contributed by atoms with Crippen LogP contribution >= 0.6 is 0 Å². The SMILES string of the molecule is C=C/C=C(/C)c1ccc(OC)cc1C. The quantitative estimate of drug-likeness (QED) is 0.659. The van der Waals surface area contributed by atoms with E-state index in [4.69, 9.17) is 4.74 Å². The van der Waals surface area contributed by atoms with Crippen LogP contribution in [0.4, 0.5) is 0 Å². The fourth-order valence-corrected chi connectivity index (χ4v) is 1.47. The predicted molar refractivity (Wildman–Crippen MR) is 61.6 cm³/mol. The molecule has 0 aliphatic carbocycles. The first kappa shape index (κ1) is 10.6. The molecule has 1 aromatic rings. The Morgan fingerprint density at radius 1 is 1.43 bits per heavy atom. The van der Waals surface area contributed by atoms with Crippen LogP contribution in [-0.2, 0) is 0 Å². The highest BCUT2D eigenvalue weighted by molar-refractivity contribution is 5.68. The van der Waals surface area contributed by atoms with Gasteiger partial charge in [-0.05, 0) is 42.7 Å².